The minimum Gasteiger partial charge on any atom is -0.347 e. The monoisotopic (exact) mass is 153 g/mol. The van der Waals surface area contributed by atoms with Crippen molar-refractivity contribution in [2.75, 3.05) is 7.05 Å². The Kier molecular flexibility index (Phi) is 2.65. The van der Waals surface area contributed by atoms with Gasteiger partial charge in [-0.15, -0.1) is 0 Å². The molecule has 0 unspecified atom stereocenters. The first-order chi connectivity index (χ1) is 5.25. The number of hydrogen-bond acceptors (Lipinski definition) is 2. The maximum absolute atomic E-state index is 4.24. The zero-order valence-corrected chi connectivity index (χ0v) is 7.31. The molecule has 0 aliphatic carbocycles. The van der Waals surface area contributed by atoms with E-state index in [1.54, 1.807) is 6.33 Å². The Morgan fingerprint density at radius 3 is 2.91 bits per heavy atom. The van der Waals surface area contributed by atoms with E-state index in [0.717, 1.165) is 6.54 Å². The van der Waals surface area contributed by atoms with E-state index in [0.29, 0.717) is 5.92 Å². The minimum atomic E-state index is 0.504. The lowest BCUT2D eigenvalue weighted by Crippen LogP contribution is -2.08. The van der Waals surface area contributed by atoms with Crippen LogP contribution in [-0.2, 0) is 6.54 Å². The van der Waals surface area contributed by atoms with Crippen molar-refractivity contribution >= 4 is 0 Å². The van der Waals surface area contributed by atoms with Gasteiger partial charge in [0.15, 0.2) is 0 Å². The number of nitrogens with zero attached hydrogens (tertiary/aromatic N) is 1. The molecule has 3 nitrogen and oxygen atoms in total. The fourth-order valence-corrected chi connectivity index (χ4v) is 1.15. The summed E-state index contributed by atoms with van der Waals surface area (Å²) in [5.74, 6) is 0.504. The van der Waals surface area contributed by atoms with Crippen LogP contribution in [0.15, 0.2) is 6.33 Å². The summed E-state index contributed by atoms with van der Waals surface area (Å²) in [4.78, 5) is 7.35. The number of aromatic nitrogens is 2. The van der Waals surface area contributed by atoms with Gasteiger partial charge in [-0.2, -0.15) is 0 Å². The van der Waals surface area contributed by atoms with E-state index in [1.807, 2.05) is 7.05 Å². The summed E-state index contributed by atoms with van der Waals surface area (Å²) in [5.41, 5.74) is 2.36. The van der Waals surface area contributed by atoms with E-state index in [9.17, 15) is 0 Å². The summed E-state index contributed by atoms with van der Waals surface area (Å²) in [6.07, 6.45) is 1.75. The molecule has 0 aliphatic heterocycles. The molecule has 0 fully saturated rings. The van der Waals surface area contributed by atoms with Crippen molar-refractivity contribution in [3.63, 3.8) is 0 Å². The van der Waals surface area contributed by atoms with E-state index < -0.39 is 0 Å². The molecular formula is C8H15N3. The normalized spacial score (nSPS) is 10.9. The summed E-state index contributed by atoms with van der Waals surface area (Å²) in [6.45, 7) is 5.16. The van der Waals surface area contributed by atoms with E-state index in [2.05, 4.69) is 29.1 Å². The van der Waals surface area contributed by atoms with Gasteiger partial charge in [-0.25, -0.2) is 4.98 Å². The first-order valence-electron chi connectivity index (χ1n) is 3.92. The molecule has 0 aromatic carbocycles. The molecule has 0 spiro atoms. The molecule has 1 rings (SSSR count). The van der Waals surface area contributed by atoms with Crippen LogP contribution in [-0.4, -0.2) is 17.0 Å². The number of imidazole rings is 1. The predicted molar refractivity (Wildman–Crippen MR) is 45.4 cm³/mol. The molecule has 0 radical (unpaired) electrons. The molecule has 0 aliphatic rings. The second-order valence-corrected chi connectivity index (χ2v) is 2.95. The van der Waals surface area contributed by atoms with Crippen LogP contribution >= 0.6 is 0 Å². The highest BCUT2D eigenvalue weighted by atomic mass is 14.9. The van der Waals surface area contributed by atoms with Crippen LogP contribution in [0.25, 0.3) is 0 Å². The summed E-state index contributed by atoms with van der Waals surface area (Å²) in [5, 5.41) is 3.09. The van der Waals surface area contributed by atoms with E-state index in [-0.39, 0.29) is 0 Å². The highest BCUT2D eigenvalue weighted by Crippen LogP contribution is 2.14. The predicted octanol–water partition coefficient (Wildman–Crippen LogP) is 1.25. The van der Waals surface area contributed by atoms with Crippen LogP contribution in [0.1, 0.15) is 31.2 Å². The Hall–Kier alpha value is -0.830. The molecule has 3 heteroatoms. The lowest BCUT2D eigenvalue weighted by Gasteiger charge is -2.03. The quantitative estimate of drug-likeness (QED) is 0.686. The average Bonchev–Trinajstić information content (AvgIpc) is 2.36. The highest BCUT2D eigenvalue weighted by molar-refractivity contribution is 5.14. The first kappa shape index (κ1) is 8.27. The Labute approximate surface area is 67.2 Å². The summed E-state index contributed by atoms with van der Waals surface area (Å²) < 4.78 is 0. The van der Waals surface area contributed by atoms with Crippen LogP contribution in [0.4, 0.5) is 0 Å². The zero-order chi connectivity index (χ0) is 8.27. The maximum atomic E-state index is 4.24. The van der Waals surface area contributed by atoms with Crippen molar-refractivity contribution in [1.29, 1.82) is 0 Å². The van der Waals surface area contributed by atoms with Gasteiger partial charge in [0.25, 0.3) is 0 Å². The number of rotatable bonds is 3. The molecule has 62 valence electrons. The smallest absolute Gasteiger partial charge is 0.0925 e. The molecule has 0 saturated heterocycles. The fraction of sp³-hybridized carbons (Fsp3) is 0.625. The molecule has 2 N–H and O–H groups in total. The Morgan fingerprint density at radius 1 is 1.64 bits per heavy atom. The van der Waals surface area contributed by atoms with Crippen LogP contribution in [0.2, 0.25) is 0 Å². The third kappa shape index (κ3) is 1.80. The summed E-state index contributed by atoms with van der Waals surface area (Å²) >= 11 is 0. The van der Waals surface area contributed by atoms with Crippen molar-refractivity contribution in [1.82, 2.24) is 15.3 Å². The average molecular weight is 153 g/mol. The van der Waals surface area contributed by atoms with Crippen molar-refractivity contribution in [2.45, 2.75) is 26.3 Å². The second-order valence-electron chi connectivity index (χ2n) is 2.95. The van der Waals surface area contributed by atoms with Gasteiger partial charge in [0.2, 0.25) is 0 Å². The van der Waals surface area contributed by atoms with Gasteiger partial charge in [-0.05, 0) is 13.0 Å². The van der Waals surface area contributed by atoms with E-state index in [1.165, 1.54) is 11.4 Å². The third-order valence-corrected chi connectivity index (χ3v) is 1.65. The SMILES string of the molecule is CNCc1[nH]cnc1C(C)C. The summed E-state index contributed by atoms with van der Waals surface area (Å²) in [7, 11) is 1.94. The Balaban J connectivity index is 2.78. The standard InChI is InChI=1S/C8H15N3/c1-6(2)8-7(4-9-3)10-5-11-8/h5-6,9H,4H2,1-3H3,(H,10,11). The number of aromatic amines is 1. The Bertz CT molecular complexity index is 215. The van der Waals surface area contributed by atoms with Gasteiger partial charge in [0, 0.05) is 6.54 Å². The van der Waals surface area contributed by atoms with E-state index in [4.69, 9.17) is 0 Å². The van der Waals surface area contributed by atoms with Crippen LogP contribution in [0, 0.1) is 0 Å². The van der Waals surface area contributed by atoms with Gasteiger partial charge in [0.05, 0.1) is 17.7 Å². The summed E-state index contributed by atoms with van der Waals surface area (Å²) in [6, 6.07) is 0. The number of nitrogens with one attached hydrogen (secondary N) is 2. The lowest BCUT2D eigenvalue weighted by molar-refractivity contribution is 0.750. The van der Waals surface area contributed by atoms with Crippen molar-refractivity contribution < 1.29 is 0 Å². The molecule has 0 atom stereocenters. The molecule has 0 amide bonds. The van der Waals surface area contributed by atoms with Gasteiger partial charge in [0.1, 0.15) is 0 Å². The first-order valence-corrected chi connectivity index (χ1v) is 3.92. The van der Waals surface area contributed by atoms with Gasteiger partial charge in [-0.1, -0.05) is 13.8 Å². The van der Waals surface area contributed by atoms with Gasteiger partial charge in [-0.3, -0.25) is 0 Å². The van der Waals surface area contributed by atoms with Crippen molar-refractivity contribution in [2.24, 2.45) is 0 Å². The lowest BCUT2D eigenvalue weighted by atomic mass is 10.1. The second kappa shape index (κ2) is 3.53. The van der Waals surface area contributed by atoms with Crippen LogP contribution in [0.5, 0.6) is 0 Å². The topological polar surface area (TPSA) is 40.7 Å². The van der Waals surface area contributed by atoms with Crippen LogP contribution < -0.4 is 5.32 Å². The maximum Gasteiger partial charge on any atom is 0.0925 e. The molecule has 0 saturated carbocycles. The minimum absolute atomic E-state index is 0.504. The number of hydrogen-bond donors (Lipinski definition) is 2. The van der Waals surface area contributed by atoms with E-state index >= 15 is 0 Å². The molecule has 1 heterocycles. The van der Waals surface area contributed by atoms with Gasteiger partial charge >= 0.3 is 0 Å². The van der Waals surface area contributed by atoms with Gasteiger partial charge < -0.3 is 10.3 Å². The molecule has 0 bridgehead atoms. The molecular weight excluding hydrogens is 138 g/mol. The number of H-pyrrole nitrogens is 1. The van der Waals surface area contributed by atoms with Crippen LogP contribution in [0.3, 0.4) is 0 Å². The third-order valence-electron chi connectivity index (χ3n) is 1.65. The largest absolute Gasteiger partial charge is 0.347 e. The van der Waals surface area contributed by atoms with Crippen molar-refractivity contribution in [3.8, 4) is 0 Å². The molecule has 11 heavy (non-hydrogen) atoms. The molecule has 1 aromatic rings. The fourth-order valence-electron chi connectivity index (χ4n) is 1.15. The van der Waals surface area contributed by atoms with Crippen molar-refractivity contribution in [3.05, 3.63) is 17.7 Å². The Morgan fingerprint density at radius 2 is 2.36 bits per heavy atom. The zero-order valence-electron chi connectivity index (χ0n) is 7.31. The highest BCUT2D eigenvalue weighted by Gasteiger charge is 2.07. The molecule has 1 aromatic heterocycles.